The van der Waals surface area contributed by atoms with E-state index in [-0.39, 0.29) is 37.1 Å². The van der Waals surface area contributed by atoms with Gasteiger partial charge in [0.1, 0.15) is 5.69 Å². The lowest BCUT2D eigenvalue weighted by molar-refractivity contribution is -0.249. The number of hydroxylamine groups is 1. The fourth-order valence-corrected chi connectivity index (χ4v) is 7.22. The van der Waals surface area contributed by atoms with Crippen LogP contribution in [0.15, 0.2) is 118 Å². The van der Waals surface area contributed by atoms with Gasteiger partial charge in [-0.15, -0.1) is 0 Å². The van der Waals surface area contributed by atoms with Crippen LogP contribution in [0.4, 0.5) is 5.69 Å². The summed E-state index contributed by atoms with van der Waals surface area (Å²) in [5.41, 5.74) is 6.83. The second-order valence-electron chi connectivity index (χ2n) is 13.0. The minimum atomic E-state index is -0.608. The van der Waals surface area contributed by atoms with Gasteiger partial charge in [0, 0.05) is 53.3 Å². The lowest BCUT2D eigenvalue weighted by Crippen LogP contribution is -2.39. The first kappa shape index (κ1) is 37.2. The molecular formula is C41H45N3O7S. The Morgan fingerprint density at radius 2 is 1.54 bits per heavy atom. The number of amides is 2. The number of thioether (sulfide) groups is 1. The van der Waals surface area contributed by atoms with Gasteiger partial charge >= 0.3 is 0 Å². The van der Waals surface area contributed by atoms with Crippen molar-refractivity contribution in [1.82, 2.24) is 10.5 Å². The molecule has 1 unspecified atom stereocenters. The highest BCUT2D eigenvalue weighted by molar-refractivity contribution is 7.99. The molecule has 272 valence electrons. The summed E-state index contributed by atoms with van der Waals surface area (Å²) in [4.78, 5) is 28.6. The highest BCUT2D eigenvalue weighted by atomic mass is 32.2. The molecule has 1 aromatic heterocycles. The molecule has 11 heteroatoms. The second kappa shape index (κ2) is 18.8. The summed E-state index contributed by atoms with van der Waals surface area (Å²) in [5, 5.41) is 21.7. The number of ether oxygens (including phenoxy) is 2. The van der Waals surface area contributed by atoms with E-state index >= 15 is 0 Å². The van der Waals surface area contributed by atoms with E-state index in [1.807, 2.05) is 91.0 Å². The predicted octanol–water partition coefficient (Wildman–Crippen LogP) is 8.25. The molecule has 10 nitrogen and oxygen atoms in total. The summed E-state index contributed by atoms with van der Waals surface area (Å²) in [5.74, 6) is 1.01. The van der Waals surface area contributed by atoms with Gasteiger partial charge in [0.05, 0.1) is 18.8 Å². The third-order valence-electron chi connectivity index (χ3n) is 9.21. The molecule has 2 aliphatic rings. The van der Waals surface area contributed by atoms with Crippen LogP contribution in [0, 0.1) is 5.92 Å². The highest BCUT2D eigenvalue weighted by Gasteiger charge is 2.35. The third kappa shape index (κ3) is 10.3. The molecule has 0 bridgehead atoms. The summed E-state index contributed by atoms with van der Waals surface area (Å²) in [6.07, 6.45) is 10.4. The van der Waals surface area contributed by atoms with Crippen molar-refractivity contribution in [2.45, 2.75) is 75.1 Å². The van der Waals surface area contributed by atoms with Crippen molar-refractivity contribution in [3.05, 3.63) is 114 Å². The van der Waals surface area contributed by atoms with Gasteiger partial charge in [-0.25, -0.2) is 10.5 Å². The summed E-state index contributed by atoms with van der Waals surface area (Å²) in [6.45, 7) is 0.0141. The van der Waals surface area contributed by atoms with Gasteiger partial charge < -0.3 is 24.3 Å². The van der Waals surface area contributed by atoms with Crippen LogP contribution >= 0.6 is 11.8 Å². The Kier molecular flexibility index (Phi) is 13.5. The van der Waals surface area contributed by atoms with Crippen LogP contribution in [-0.2, 0) is 19.1 Å². The number of carbonyl (C=O) groups excluding carboxylic acids is 2. The van der Waals surface area contributed by atoms with Gasteiger partial charge in [-0.2, -0.15) is 0 Å². The van der Waals surface area contributed by atoms with Gasteiger partial charge in [0.2, 0.25) is 11.8 Å². The molecule has 52 heavy (non-hydrogen) atoms. The smallest absolute Gasteiger partial charge is 0.256 e. The highest BCUT2D eigenvalue weighted by Crippen LogP contribution is 2.40. The summed E-state index contributed by atoms with van der Waals surface area (Å²) >= 11 is 1.53. The van der Waals surface area contributed by atoms with Crippen molar-refractivity contribution in [1.29, 1.82) is 0 Å². The van der Waals surface area contributed by atoms with E-state index in [1.54, 1.807) is 5.48 Å². The van der Waals surface area contributed by atoms with E-state index in [4.69, 9.17) is 24.1 Å². The molecule has 0 spiro atoms. The molecule has 4 aromatic rings. The second-order valence-corrected chi connectivity index (χ2v) is 14.0. The van der Waals surface area contributed by atoms with Crippen LogP contribution in [0.5, 0.6) is 0 Å². The minimum absolute atomic E-state index is 0.0141. The molecule has 0 radical (unpaired) electrons. The number of hydrogen-bond donors (Lipinski definition) is 4. The number of nitrogens with one attached hydrogen (secondary N) is 2. The number of unbranched alkanes of at least 4 members (excludes halogenated alkanes) is 3. The van der Waals surface area contributed by atoms with Crippen LogP contribution in [0.2, 0.25) is 0 Å². The Bertz CT molecular complexity index is 1750. The Hall–Kier alpha value is -4.52. The van der Waals surface area contributed by atoms with Gasteiger partial charge in [-0.3, -0.25) is 14.8 Å². The Balaban J connectivity index is 1.11. The lowest BCUT2D eigenvalue weighted by atomic mass is 9.88. The van der Waals surface area contributed by atoms with Crippen LogP contribution in [0.3, 0.4) is 0 Å². The lowest BCUT2D eigenvalue weighted by Gasteiger charge is -2.39. The van der Waals surface area contributed by atoms with E-state index in [9.17, 15) is 14.7 Å². The fourth-order valence-electron chi connectivity index (χ4n) is 6.38. The summed E-state index contributed by atoms with van der Waals surface area (Å²) < 4.78 is 19.6. The van der Waals surface area contributed by atoms with Crippen LogP contribution in [-0.4, -0.2) is 51.7 Å². The molecule has 1 aliphatic carbocycles. The van der Waals surface area contributed by atoms with E-state index in [2.05, 4.69) is 17.5 Å². The van der Waals surface area contributed by atoms with Gasteiger partial charge in [0.25, 0.3) is 5.22 Å². The first-order valence-electron chi connectivity index (χ1n) is 17.8. The molecule has 0 saturated carbocycles. The van der Waals surface area contributed by atoms with E-state index in [0.29, 0.717) is 42.3 Å². The van der Waals surface area contributed by atoms with Crippen LogP contribution in [0.1, 0.15) is 63.2 Å². The average molecular weight is 724 g/mol. The number of carbonyl (C=O) groups is 2. The zero-order valence-corrected chi connectivity index (χ0v) is 29.8. The van der Waals surface area contributed by atoms with Gasteiger partial charge in [0.15, 0.2) is 12.1 Å². The number of hydrogen-bond acceptors (Lipinski definition) is 9. The number of benzene rings is 3. The topological polar surface area (TPSA) is 143 Å². The van der Waals surface area contributed by atoms with Crippen molar-refractivity contribution in [3.63, 3.8) is 0 Å². The number of nitrogens with zero attached hydrogens (tertiary/aromatic N) is 1. The van der Waals surface area contributed by atoms with Gasteiger partial charge in [-0.05, 0) is 37.0 Å². The molecule has 1 aliphatic heterocycles. The average Bonchev–Trinajstić information content (AvgIpc) is 3.63. The van der Waals surface area contributed by atoms with Crippen molar-refractivity contribution in [2.75, 3.05) is 17.7 Å². The molecule has 2 amide bonds. The minimum Gasteiger partial charge on any atom is -0.431 e. The van der Waals surface area contributed by atoms with E-state index in [1.165, 1.54) is 11.8 Å². The standard InChI is InChI=1S/C41H45N3O7S/c45-26-28-17-19-29(20-18-28)35-25-34(27-52-41-43-38(30-11-5-3-6-12-30)39(51-41)31-13-7-4-8-14-31)49-40(50-35)32-21-23-33(24-22-32)42-36(46)15-9-1-2-10-16-37(47)44-48/h3-8,11-14,17-19,21-24,29,34-35,40,45,48H,1-2,9-10,15-16,20,25-27H2,(H,42,46)(H,44,47)/t29?,34-,35+,40+/m1/s1. The third-order valence-corrected chi connectivity index (χ3v) is 10.2. The zero-order chi connectivity index (χ0) is 36.1. The summed E-state index contributed by atoms with van der Waals surface area (Å²) in [7, 11) is 0. The number of anilines is 1. The number of aromatic nitrogens is 1. The van der Waals surface area contributed by atoms with Crippen molar-refractivity contribution in [2.24, 2.45) is 5.92 Å². The zero-order valence-electron chi connectivity index (χ0n) is 29.0. The Labute approximate surface area is 308 Å². The number of oxazole rings is 1. The van der Waals surface area contributed by atoms with Crippen LogP contribution in [0.25, 0.3) is 22.6 Å². The number of aliphatic hydroxyl groups excluding tert-OH is 1. The molecule has 1 saturated heterocycles. The van der Waals surface area contributed by atoms with E-state index in [0.717, 1.165) is 53.0 Å². The van der Waals surface area contributed by atoms with E-state index < -0.39 is 12.2 Å². The maximum atomic E-state index is 12.6. The molecule has 6 rings (SSSR count). The van der Waals surface area contributed by atoms with Crippen molar-refractivity contribution < 1.29 is 33.8 Å². The Morgan fingerprint density at radius 1 is 0.846 bits per heavy atom. The number of aliphatic hydroxyl groups is 1. The first-order valence-corrected chi connectivity index (χ1v) is 18.8. The largest absolute Gasteiger partial charge is 0.431 e. The fraction of sp³-hybridized carbons (Fsp3) is 0.341. The summed E-state index contributed by atoms with van der Waals surface area (Å²) in [6, 6.07) is 27.6. The van der Waals surface area contributed by atoms with Crippen molar-refractivity contribution >= 4 is 29.3 Å². The van der Waals surface area contributed by atoms with Crippen LogP contribution < -0.4 is 10.8 Å². The van der Waals surface area contributed by atoms with Gasteiger partial charge in [-0.1, -0.05) is 116 Å². The number of rotatable bonds is 16. The molecular weight excluding hydrogens is 679 g/mol. The number of allylic oxidation sites excluding steroid dienone is 1. The normalized spacial score (nSPS) is 19.9. The SMILES string of the molecule is O=C(CCCCCCC(=O)Nc1ccc([C@H]2O[C@@H](CSc3nc(-c4ccccc4)c(-c4ccccc4)o3)C[C@@H](C3C=CC(CO)=CC3)O2)cc1)NO. The molecule has 2 heterocycles. The molecule has 3 aromatic carbocycles. The maximum absolute atomic E-state index is 12.6. The Morgan fingerprint density at radius 3 is 2.19 bits per heavy atom. The predicted molar refractivity (Wildman–Crippen MR) is 200 cm³/mol. The van der Waals surface area contributed by atoms with Crippen molar-refractivity contribution in [3.8, 4) is 22.6 Å². The molecule has 4 N–H and O–H groups in total. The quantitative estimate of drug-likeness (QED) is 0.0389. The monoisotopic (exact) mass is 723 g/mol. The molecule has 1 fully saturated rings. The first-order chi connectivity index (χ1) is 25.5. The molecule has 4 atom stereocenters. The maximum Gasteiger partial charge on any atom is 0.256 e.